The van der Waals surface area contributed by atoms with Crippen LogP contribution in [0, 0.1) is 0 Å². The van der Waals surface area contributed by atoms with E-state index in [2.05, 4.69) is 55.4 Å². The molecule has 0 spiro atoms. The van der Waals surface area contributed by atoms with Gasteiger partial charge >= 0.3 is 0 Å². The number of quaternary nitrogens is 2. The Morgan fingerprint density at radius 1 is 0.297 bits per heavy atom. The topological polar surface area (TPSA) is 53.1 Å². The monoisotopic (exact) mass is 533 g/mol. The van der Waals surface area contributed by atoms with Crippen molar-refractivity contribution in [2.75, 3.05) is 59.5 Å². The molecule has 0 bridgehead atoms. The van der Waals surface area contributed by atoms with Crippen molar-refractivity contribution in [3.63, 3.8) is 0 Å². The van der Waals surface area contributed by atoms with Crippen LogP contribution in [0.15, 0.2) is 0 Å². The lowest BCUT2D eigenvalue weighted by Gasteiger charge is -2.39. The van der Waals surface area contributed by atoms with Gasteiger partial charge in [-0.25, -0.2) is 0 Å². The quantitative estimate of drug-likeness (QED) is 0.117. The smallest absolute Gasteiger partial charge is 0.0786 e. The summed E-state index contributed by atoms with van der Waals surface area (Å²) in [5.74, 6) is 0. The van der Waals surface area contributed by atoms with Gasteiger partial charge < -0.3 is 19.5 Å². The molecule has 0 fully saturated rings. The van der Waals surface area contributed by atoms with E-state index < -0.39 is 0 Å². The van der Waals surface area contributed by atoms with Crippen LogP contribution in [-0.2, 0) is 0 Å². The molecular weight excluding hydrogens is 456 g/mol. The maximum Gasteiger partial charge on any atom is 0.0786 e. The molecule has 1 N–H and O–H groups in total. The minimum atomic E-state index is 0. The van der Waals surface area contributed by atoms with E-state index in [1.807, 2.05) is 0 Å². The molecule has 0 saturated heterocycles. The molecule has 0 amide bonds. The lowest BCUT2D eigenvalue weighted by atomic mass is 10.1. The first-order valence-electron chi connectivity index (χ1n) is 16.6. The maximum absolute atomic E-state index is 8.25. The van der Waals surface area contributed by atoms with Gasteiger partial charge in [0.15, 0.2) is 0 Å². The van der Waals surface area contributed by atoms with Gasteiger partial charge in [0.05, 0.1) is 52.4 Å². The van der Waals surface area contributed by atoms with Crippen molar-refractivity contribution in [2.24, 2.45) is 0 Å². The first-order chi connectivity index (χ1) is 17.5. The Hall–Kier alpha value is -0.160. The minimum absolute atomic E-state index is 0. The number of nitrogens with zero attached hydrogens (tertiary/aromatic N) is 2. The standard InChI is InChI=1S/2C16H36N.CH3O.H2O/c2*1-5-9-13-17(14-10-6-2,15-11-7-3)16-12-8-4;1-2;/h2*5-16H2,1-4H3;1H3;1H2/q2*+1;-1;/p-1. The fourth-order valence-corrected chi connectivity index (χ4v) is 5.29. The summed E-state index contributed by atoms with van der Waals surface area (Å²) in [7, 11) is 0.750. The molecule has 4 nitrogen and oxygen atoms in total. The average molecular weight is 533 g/mol. The van der Waals surface area contributed by atoms with Gasteiger partial charge in [-0.1, -0.05) is 107 Å². The molecular formula is C33H76N2O2. The van der Waals surface area contributed by atoms with Gasteiger partial charge in [-0.3, -0.25) is 0 Å². The van der Waals surface area contributed by atoms with Crippen LogP contribution < -0.4 is 5.11 Å². The van der Waals surface area contributed by atoms with Crippen LogP contribution in [0.25, 0.3) is 0 Å². The molecule has 0 rings (SSSR count). The molecule has 0 aromatic carbocycles. The summed E-state index contributed by atoms with van der Waals surface area (Å²) in [4.78, 5) is 0. The summed E-state index contributed by atoms with van der Waals surface area (Å²) >= 11 is 0. The van der Waals surface area contributed by atoms with Crippen molar-refractivity contribution in [1.29, 1.82) is 0 Å². The Labute approximate surface area is 237 Å². The van der Waals surface area contributed by atoms with Crippen LogP contribution in [0.2, 0.25) is 0 Å². The average Bonchev–Trinajstić information content (AvgIpc) is 2.93. The highest BCUT2D eigenvalue weighted by atomic mass is 16.2. The second kappa shape index (κ2) is 33.9. The van der Waals surface area contributed by atoms with Gasteiger partial charge in [0.1, 0.15) is 0 Å². The second-order valence-electron chi connectivity index (χ2n) is 11.3. The highest BCUT2D eigenvalue weighted by molar-refractivity contribution is 4.50. The Morgan fingerprint density at radius 2 is 0.405 bits per heavy atom. The van der Waals surface area contributed by atoms with Crippen LogP contribution in [0.5, 0.6) is 0 Å². The third-order valence-electron chi connectivity index (χ3n) is 7.89. The first kappa shape index (κ1) is 43.9. The number of rotatable bonds is 24. The summed E-state index contributed by atoms with van der Waals surface area (Å²) in [5, 5.41) is 8.25. The SMILES string of the molecule is CCCC[N+](CCCC)(CCCC)CCCC.CCCC[N+](CCCC)(CCCC)CCCC.C[O-].[OH-]. The summed E-state index contributed by atoms with van der Waals surface area (Å²) in [5.41, 5.74) is 0. The number of hydrogen-bond acceptors (Lipinski definition) is 2. The van der Waals surface area contributed by atoms with Gasteiger partial charge in [-0.15, -0.1) is 0 Å². The van der Waals surface area contributed by atoms with Crippen LogP contribution in [0.3, 0.4) is 0 Å². The molecule has 230 valence electrons. The van der Waals surface area contributed by atoms with Crippen LogP contribution in [0.1, 0.15) is 158 Å². The predicted molar refractivity (Wildman–Crippen MR) is 167 cm³/mol. The molecule has 0 radical (unpaired) electrons. The highest BCUT2D eigenvalue weighted by Crippen LogP contribution is 2.17. The molecule has 0 aromatic rings. The van der Waals surface area contributed by atoms with Gasteiger partial charge in [0.25, 0.3) is 0 Å². The Bertz CT molecular complexity index is 279. The Balaban J connectivity index is -0.000000269. The Morgan fingerprint density at radius 3 is 0.486 bits per heavy atom. The second-order valence-corrected chi connectivity index (χ2v) is 11.3. The molecule has 0 unspecified atom stereocenters. The van der Waals surface area contributed by atoms with E-state index in [-0.39, 0.29) is 5.48 Å². The van der Waals surface area contributed by atoms with Gasteiger partial charge in [-0.05, 0) is 51.4 Å². The molecule has 0 saturated carbocycles. The van der Waals surface area contributed by atoms with Crippen molar-refractivity contribution in [2.45, 2.75) is 158 Å². The van der Waals surface area contributed by atoms with Gasteiger partial charge in [0.2, 0.25) is 0 Å². The third kappa shape index (κ3) is 25.9. The highest BCUT2D eigenvalue weighted by Gasteiger charge is 2.25. The fraction of sp³-hybridized carbons (Fsp3) is 1.00. The predicted octanol–water partition coefficient (Wildman–Crippen LogP) is 8.81. The zero-order chi connectivity index (χ0) is 28.0. The van der Waals surface area contributed by atoms with Crippen molar-refractivity contribution >= 4 is 0 Å². The summed E-state index contributed by atoms with van der Waals surface area (Å²) in [6.07, 6.45) is 22.1. The molecule has 37 heavy (non-hydrogen) atoms. The summed E-state index contributed by atoms with van der Waals surface area (Å²) in [6.45, 7) is 30.0. The maximum atomic E-state index is 8.25. The first-order valence-corrected chi connectivity index (χ1v) is 16.6. The largest absolute Gasteiger partial charge is 0.870 e. The molecule has 0 aromatic heterocycles. The fourth-order valence-electron chi connectivity index (χ4n) is 5.29. The lowest BCUT2D eigenvalue weighted by molar-refractivity contribution is -0.929. The minimum Gasteiger partial charge on any atom is -0.870 e. The third-order valence-corrected chi connectivity index (χ3v) is 7.89. The Kier molecular flexibility index (Phi) is 40.2. The zero-order valence-electron chi connectivity index (χ0n) is 27.7. The normalized spacial score (nSPS) is 11.2. The van der Waals surface area contributed by atoms with E-state index in [4.69, 9.17) is 5.11 Å². The van der Waals surface area contributed by atoms with Crippen molar-refractivity contribution in [3.8, 4) is 0 Å². The van der Waals surface area contributed by atoms with Crippen LogP contribution >= 0.6 is 0 Å². The van der Waals surface area contributed by atoms with Crippen LogP contribution in [-0.4, -0.2) is 73.9 Å². The van der Waals surface area contributed by atoms with E-state index in [9.17, 15) is 0 Å². The molecule has 0 aliphatic heterocycles. The summed E-state index contributed by atoms with van der Waals surface area (Å²) < 4.78 is 2.84. The van der Waals surface area contributed by atoms with Crippen LogP contribution in [0.4, 0.5) is 0 Å². The van der Waals surface area contributed by atoms with Gasteiger partial charge in [-0.2, -0.15) is 7.11 Å². The lowest BCUT2D eigenvalue weighted by Crippen LogP contribution is -2.50. The van der Waals surface area contributed by atoms with Crippen molar-refractivity contribution in [3.05, 3.63) is 0 Å². The summed E-state index contributed by atoms with van der Waals surface area (Å²) in [6, 6.07) is 0. The van der Waals surface area contributed by atoms with Crippen molar-refractivity contribution < 1.29 is 19.5 Å². The van der Waals surface area contributed by atoms with E-state index in [0.717, 1.165) is 7.11 Å². The van der Waals surface area contributed by atoms with Crippen molar-refractivity contribution in [1.82, 2.24) is 0 Å². The number of unbranched alkanes of at least 4 members (excludes halogenated alkanes) is 8. The van der Waals surface area contributed by atoms with E-state index in [1.165, 1.54) is 164 Å². The molecule has 4 heteroatoms. The number of hydrogen-bond donors (Lipinski definition) is 0. The zero-order valence-corrected chi connectivity index (χ0v) is 27.7. The molecule has 0 heterocycles. The molecule has 0 aliphatic carbocycles. The molecule has 0 atom stereocenters. The molecule has 0 aliphatic rings. The van der Waals surface area contributed by atoms with E-state index in [1.54, 1.807) is 0 Å². The van der Waals surface area contributed by atoms with Gasteiger partial charge in [0, 0.05) is 0 Å². The van der Waals surface area contributed by atoms with E-state index >= 15 is 0 Å². The van der Waals surface area contributed by atoms with E-state index in [0.29, 0.717) is 0 Å².